The maximum Gasteiger partial charge on any atom is 0.198 e. The van der Waals surface area contributed by atoms with Gasteiger partial charge in [-0.25, -0.2) is 0 Å². The molecule has 1 aliphatic carbocycles. The fourth-order valence-corrected chi connectivity index (χ4v) is 3.03. The monoisotopic (exact) mass is 296 g/mol. The molecule has 0 unspecified atom stereocenters. The SMILES string of the molecule is COc1c(C)c(C)c(OC)c2c1C(=O)c1ccccc1C2=O. The highest BCUT2D eigenvalue weighted by atomic mass is 16.5. The van der Waals surface area contributed by atoms with Gasteiger partial charge in [0.1, 0.15) is 11.5 Å². The lowest BCUT2D eigenvalue weighted by Crippen LogP contribution is -2.23. The summed E-state index contributed by atoms with van der Waals surface area (Å²) < 4.78 is 10.9. The average molecular weight is 296 g/mol. The Balaban J connectivity index is 2.46. The second-order valence-electron chi connectivity index (χ2n) is 5.27. The molecule has 0 radical (unpaired) electrons. The van der Waals surface area contributed by atoms with Crippen molar-refractivity contribution in [3.8, 4) is 11.5 Å². The molecular weight excluding hydrogens is 280 g/mol. The van der Waals surface area contributed by atoms with Crippen LogP contribution in [0.25, 0.3) is 0 Å². The minimum absolute atomic E-state index is 0.205. The fourth-order valence-electron chi connectivity index (χ4n) is 3.03. The molecule has 0 heterocycles. The van der Waals surface area contributed by atoms with E-state index in [2.05, 4.69) is 0 Å². The topological polar surface area (TPSA) is 52.6 Å². The minimum Gasteiger partial charge on any atom is -0.496 e. The second kappa shape index (κ2) is 4.98. The van der Waals surface area contributed by atoms with E-state index in [4.69, 9.17) is 9.47 Å². The molecule has 0 amide bonds. The largest absolute Gasteiger partial charge is 0.496 e. The highest BCUT2D eigenvalue weighted by Gasteiger charge is 2.36. The molecule has 3 rings (SSSR count). The molecule has 22 heavy (non-hydrogen) atoms. The zero-order chi connectivity index (χ0) is 16.0. The Morgan fingerprint density at radius 3 is 1.41 bits per heavy atom. The first kappa shape index (κ1) is 14.3. The Morgan fingerprint density at radius 1 is 0.727 bits per heavy atom. The summed E-state index contributed by atoms with van der Waals surface area (Å²) in [5.74, 6) is 0.481. The molecule has 1 aliphatic rings. The predicted molar refractivity (Wildman–Crippen MR) is 82.3 cm³/mol. The van der Waals surface area contributed by atoms with Crippen LogP contribution in [0.3, 0.4) is 0 Å². The van der Waals surface area contributed by atoms with Gasteiger partial charge in [0.05, 0.1) is 25.3 Å². The maximum absolute atomic E-state index is 12.9. The second-order valence-corrected chi connectivity index (χ2v) is 5.27. The van der Waals surface area contributed by atoms with Gasteiger partial charge in [0, 0.05) is 11.1 Å². The van der Waals surface area contributed by atoms with Crippen LogP contribution < -0.4 is 9.47 Å². The molecule has 2 aromatic carbocycles. The Morgan fingerprint density at radius 2 is 1.09 bits per heavy atom. The molecule has 0 N–H and O–H groups in total. The van der Waals surface area contributed by atoms with Gasteiger partial charge in [-0.05, 0) is 25.0 Å². The van der Waals surface area contributed by atoms with E-state index in [0.29, 0.717) is 33.8 Å². The molecule has 0 aromatic heterocycles. The molecule has 0 saturated carbocycles. The Bertz CT molecular complexity index is 750. The average Bonchev–Trinajstić information content (AvgIpc) is 2.54. The van der Waals surface area contributed by atoms with Gasteiger partial charge in [0.25, 0.3) is 0 Å². The first-order chi connectivity index (χ1) is 10.5. The third-order valence-corrected chi connectivity index (χ3v) is 4.23. The Hall–Kier alpha value is -2.62. The van der Waals surface area contributed by atoms with Crippen molar-refractivity contribution in [2.45, 2.75) is 13.8 Å². The van der Waals surface area contributed by atoms with Gasteiger partial charge in [-0.2, -0.15) is 0 Å². The van der Waals surface area contributed by atoms with E-state index in [9.17, 15) is 9.59 Å². The van der Waals surface area contributed by atoms with E-state index in [1.165, 1.54) is 14.2 Å². The molecule has 112 valence electrons. The van der Waals surface area contributed by atoms with Gasteiger partial charge < -0.3 is 9.47 Å². The number of fused-ring (bicyclic) bond motifs is 2. The zero-order valence-electron chi connectivity index (χ0n) is 12.9. The molecule has 0 spiro atoms. The molecule has 4 nitrogen and oxygen atoms in total. The van der Waals surface area contributed by atoms with Crippen LogP contribution in [0.2, 0.25) is 0 Å². The van der Waals surface area contributed by atoms with Gasteiger partial charge in [0.15, 0.2) is 11.6 Å². The van der Waals surface area contributed by atoms with E-state index >= 15 is 0 Å². The molecular formula is C18H16O4. The molecule has 0 aliphatic heterocycles. The van der Waals surface area contributed by atoms with Crippen molar-refractivity contribution >= 4 is 11.6 Å². The van der Waals surface area contributed by atoms with Crippen LogP contribution in [-0.2, 0) is 0 Å². The summed E-state index contributed by atoms with van der Waals surface area (Å²) in [6, 6.07) is 6.83. The number of benzene rings is 2. The minimum atomic E-state index is -0.205. The lowest BCUT2D eigenvalue weighted by molar-refractivity contribution is 0.0973. The lowest BCUT2D eigenvalue weighted by atomic mass is 9.81. The fraction of sp³-hybridized carbons (Fsp3) is 0.222. The summed E-state index contributed by atoms with van der Waals surface area (Å²) >= 11 is 0. The lowest BCUT2D eigenvalue weighted by Gasteiger charge is -2.24. The number of methoxy groups -OCH3 is 2. The molecule has 0 fully saturated rings. The van der Waals surface area contributed by atoms with Crippen molar-refractivity contribution in [3.05, 3.63) is 57.6 Å². The van der Waals surface area contributed by atoms with Gasteiger partial charge in [-0.1, -0.05) is 24.3 Å². The number of ether oxygens (including phenoxy) is 2. The van der Waals surface area contributed by atoms with Crippen LogP contribution in [0.15, 0.2) is 24.3 Å². The summed E-state index contributed by atoms with van der Waals surface area (Å²) in [5, 5.41) is 0. The third kappa shape index (κ3) is 1.70. The normalized spacial score (nSPS) is 12.7. The van der Waals surface area contributed by atoms with Crippen molar-refractivity contribution in [3.63, 3.8) is 0 Å². The molecule has 0 saturated heterocycles. The summed E-state index contributed by atoms with van der Waals surface area (Å²) in [6.45, 7) is 3.71. The summed E-state index contributed by atoms with van der Waals surface area (Å²) in [6.07, 6.45) is 0. The molecule has 0 atom stereocenters. The number of ketones is 2. The number of carbonyl (C=O) groups is 2. The summed E-state index contributed by atoms with van der Waals surface area (Å²) in [7, 11) is 3.01. The van der Waals surface area contributed by atoms with Crippen LogP contribution in [0.1, 0.15) is 43.0 Å². The zero-order valence-corrected chi connectivity index (χ0v) is 12.9. The first-order valence-electron chi connectivity index (χ1n) is 6.96. The Labute approximate surface area is 128 Å². The summed E-state index contributed by atoms with van der Waals surface area (Å²) in [4.78, 5) is 25.8. The number of rotatable bonds is 2. The highest BCUT2D eigenvalue weighted by molar-refractivity contribution is 6.30. The molecule has 4 heteroatoms. The van der Waals surface area contributed by atoms with Gasteiger partial charge in [-0.3, -0.25) is 9.59 Å². The van der Waals surface area contributed by atoms with E-state index in [1.807, 2.05) is 13.8 Å². The van der Waals surface area contributed by atoms with Crippen molar-refractivity contribution in [1.82, 2.24) is 0 Å². The van der Waals surface area contributed by atoms with Gasteiger partial charge >= 0.3 is 0 Å². The van der Waals surface area contributed by atoms with Crippen LogP contribution in [0, 0.1) is 13.8 Å². The van der Waals surface area contributed by atoms with Crippen molar-refractivity contribution < 1.29 is 19.1 Å². The van der Waals surface area contributed by atoms with Crippen LogP contribution in [0.4, 0.5) is 0 Å². The van der Waals surface area contributed by atoms with Crippen molar-refractivity contribution in [1.29, 1.82) is 0 Å². The van der Waals surface area contributed by atoms with E-state index in [0.717, 1.165) is 11.1 Å². The van der Waals surface area contributed by atoms with Crippen molar-refractivity contribution in [2.75, 3.05) is 14.2 Å². The predicted octanol–water partition coefficient (Wildman–Crippen LogP) is 3.10. The quantitative estimate of drug-likeness (QED) is 0.729. The van der Waals surface area contributed by atoms with E-state index in [1.54, 1.807) is 24.3 Å². The molecule has 2 aromatic rings. The Kier molecular flexibility index (Phi) is 3.24. The number of hydrogen-bond donors (Lipinski definition) is 0. The van der Waals surface area contributed by atoms with E-state index < -0.39 is 0 Å². The highest BCUT2D eigenvalue weighted by Crippen LogP contribution is 2.43. The van der Waals surface area contributed by atoms with Crippen molar-refractivity contribution in [2.24, 2.45) is 0 Å². The maximum atomic E-state index is 12.9. The molecule has 0 bridgehead atoms. The standard InChI is InChI=1S/C18H16O4/c1-9-10(2)18(22-4)14-13(17(9)21-3)15(19)11-7-5-6-8-12(11)16(14)20/h5-8H,1-4H3. The summed E-state index contributed by atoms with van der Waals surface area (Å²) in [5.41, 5.74) is 3.02. The first-order valence-corrected chi connectivity index (χ1v) is 6.96. The number of carbonyl (C=O) groups excluding carboxylic acids is 2. The van der Waals surface area contributed by atoms with Crippen LogP contribution in [-0.4, -0.2) is 25.8 Å². The third-order valence-electron chi connectivity index (χ3n) is 4.23. The van der Waals surface area contributed by atoms with Crippen LogP contribution in [0.5, 0.6) is 11.5 Å². The van der Waals surface area contributed by atoms with Crippen LogP contribution >= 0.6 is 0 Å². The van der Waals surface area contributed by atoms with Gasteiger partial charge in [-0.15, -0.1) is 0 Å². The smallest absolute Gasteiger partial charge is 0.198 e. The number of hydrogen-bond acceptors (Lipinski definition) is 4. The van der Waals surface area contributed by atoms with E-state index in [-0.39, 0.29) is 11.6 Å². The van der Waals surface area contributed by atoms with Gasteiger partial charge in [0.2, 0.25) is 0 Å².